The lowest BCUT2D eigenvalue weighted by Crippen LogP contribution is -2.22. The zero-order chi connectivity index (χ0) is 17.1. The fourth-order valence-electron chi connectivity index (χ4n) is 2.39. The summed E-state index contributed by atoms with van der Waals surface area (Å²) >= 11 is 1.56. The molecule has 122 valence electrons. The molecule has 2 aromatic carbocycles. The molecule has 1 aromatic heterocycles. The lowest BCUT2D eigenvalue weighted by molar-refractivity contribution is 0.0600. The largest absolute Gasteiger partial charge is 0.465 e. The number of thiazole rings is 1. The van der Waals surface area contributed by atoms with Crippen LogP contribution in [0, 0.1) is 6.92 Å². The van der Waals surface area contributed by atoms with Gasteiger partial charge in [0, 0.05) is 12.1 Å². The Hall–Kier alpha value is -2.73. The number of fused-ring (bicyclic) bond motifs is 1. The molecule has 3 rings (SSSR count). The van der Waals surface area contributed by atoms with Crippen molar-refractivity contribution >= 4 is 33.4 Å². The Bertz CT molecular complexity index is 918. The van der Waals surface area contributed by atoms with E-state index in [0.717, 1.165) is 20.8 Å². The molecule has 1 heterocycles. The zero-order valence-corrected chi connectivity index (χ0v) is 14.1. The number of amides is 1. The van der Waals surface area contributed by atoms with E-state index in [0.29, 0.717) is 17.7 Å². The van der Waals surface area contributed by atoms with Gasteiger partial charge in [-0.15, -0.1) is 11.3 Å². The molecule has 0 radical (unpaired) electrons. The van der Waals surface area contributed by atoms with Gasteiger partial charge in [-0.3, -0.25) is 4.79 Å². The molecule has 1 amide bonds. The maximum absolute atomic E-state index is 12.3. The van der Waals surface area contributed by atoms with Gasteiger partial charge in [0.15, 0.2) is 0 Å². The van der Waals surface area contributed by atoms with Gasteiger partial charge in [-0.2, -0.15) is 0 Å². The van der Waals surface area contributed by atoms with Crippen molar-refractivity contribution in [1.82, 2.24) is 10.3 Å². The van der Waals surface area contributed by atoms with Crippen LogP contribution in [0.3, 0.4) is 0 Å². The van der Waals surface area contributed by atoms with Crippen molar-refractivity contribution in [1.29, 1.82) is 0 Å². The number of methoxy groups -OCH3 is 1. The standard InChI is InChI=1S/C18H16N2O3S/c1-11-20-15-7-6-13(9-16(15)24-11)17(21)19-10-12-4-3-5-14(8-12)18(22)23-2/h3-9H,10H2,1-2H3,(H,19,21). The molecule has 0 aliphatic heterocycles. The third-order valence-corrected chi connectivity index (χ3v) is 4.49. The molecule has 0 fully saturated rings. The molecular formula is C18H16N2O3S. The minimum atomic E-state index is -0.394. The molecule has 0 saturated heterocycles. The summed E-state index contributed by atoms with van der Waals surface area (Å²) in [6.07, 6.45) is 0. The maximum Gasteiger partial charge on any atom is 0.337 e. The third kappa shape index (κ3) is 3.44. The average molecular weight is 340 g/mol. The minimum Gasteiger partial charge on any atom is -0.465 e. The number of esters is 1. The van der Waals surface area contributed by atoms with Crippen LogP contribution in [0.25, 0.3) is 10.2 Å². The number of ether oxygens (including phenoxy) is 1. The molecule has 0 aliphatic rings. The number of nitrogens with zero attached hydrogens (tertiary/aromatic N) is 1. The van der Waals surface area contributed by atoms with E-state index in [2.05, 4.69) is 10.3 Å². The number of rotatable bonds is 4. The number of aryl methyl sites for hydroxylation is 1. The topological polar surface area (TPSA) is 68.3 Å². The van der Waals surface area contributed by atoms with Gasteiger partial charge in [0.25, 0.3) is 5.91 Å². The summed E-state index contributed by atoms with van der Waals surface area (Å²) in [7, 11) is 1.34. The fraction of sp³-hybridized carbons (Fsp3) is 0.167. The Kier molecular flexibility index (Phi) is 4.57. The molecule has 0 bridgehead atoms. The summed E-state index contributed by atoms with van der Waals surface area (Å²) < 4.78 is 5.69. The monoisotopic (exact) mass is 340 g/mol. The molecule has 0 unspecified atom stereocenters. The summed E-state index contributed by atoms with van der Waals surface area (Å²) in [5.74, 6) is -0.555. The Balaban J connectivity index is 1.71. The third-order valence-electron chi connectivity index (χ3n) is 3.56. The van der Waals surface area contributed by atoms with E-state index in [1.165, 1.54) is 7.11 Å². The molecule has 0 aliphatic carbocycles. The van der Waals surface area contributed by atoms with Crippen LogP contribution in [0.1, 0.15) is 31.3 Å². The molecule has 6 heteroatoms. The number of benzene rings is 2. The van der Waals surface area contributed by atoms with Crippen LogP contribution in [0.4, 0.5) is 0 Å². The normalized spacial score (nSPS) is 10.6. The lowest BCUT2D eigenvalue weighted by Gasteiger charge is -2.07. The second-order valence-electron chi connectivity index (χ2n) is 5.29. The predicted octanol–water partition coefficient (Wildman–Crippen LogP) is 3.32. The summed E-state index contributed by atoms with van der Waals surface area (Å²) in [5, 5.41) is 3.84. The second-order valence-corrected chi connectivity index (χ2v) is 6.52. The van der Waals surface area contributed by atoms with Gasteiger partial charge in [-0.25, -0.2) is 9.78 Å². The van der Waals surface area contributed by atoms with Crippen molar-refractivity contribution in [2.45, 2.75) is 13.5 Å². The van der Waals surface area contributed by atoms with E-state index >= 15 is 0 Å². The summed E-state index contributed by atoms with van der Waals surface area (Å²) in [6, 6.07) is 12.5. The summed E-state index contributed by atoms with van der Waals surface area (Å²) in [6.45, 7) is 2.28. The van der Waals surface area contributed by atoms with E-state index in [1.54, 1.807) is 35.6 Å². The van der Waals surface area contributed by atoms with Crippen molar-refractivity contribution in [3.8, 4) is 0 Å². The van der Waals surface area contributed by atoms with Gasteiger partial charge in [-0.05, 0) is 42.8 Å². The van der Waals surface area contributed by atoms with Crippen LogP contribution in [0.5, 0.6) is 0 Å². The first-order valence-electron chi connectivity index (χ1n) is 7.39. The molecule has 3 aromatic rings. The van der Waals surface area contributed by atoms with E-state index in [9.17, 15) is 9.59 Å². The molecule has 0 saturated carbocycles. The summed E-state index contributed by atoms with van der Waals surface area (Å²) in [4.78, 5) is 28.2. The fourth-order valence-corrected chi connectivity index (χ4v) is 3.26. The Morgan fingerprint density at radius 1 is 1.17 bits per heavy atom. The van der Waals surface area contributed by atoms with Gasteiger partial charge in [0.05, 0.1) is 27.9 Å². The van der Waals surface area contributed by atoms with Crippen LogP contribution in [0.2, 0.25) is 0 Å². The van der Waals surface area contributed by atoms with Crippen LogP contribution in [-0.4, -0.2) is 24.0 Å². The number of carbonyl (C=O) groups excluding carboxylic acids is 2. The molecule has 0 spiro atoms. The first-order chi connectivity index (χ1) is 11.6. The van der Waals surface area contributed by atoms with Crippen LogP contribution in [-0.2, 0) is 11.3 Å². The maximum atomic E-state index is 12.3. The van der Waals surface area contributed by atoms with Gasteiger partial charge in [-0.1, -0.05) is 12.1 Å². The second kappa shape index (κ2) is 6.80. The quantitative estimate of drug-likeness (QED) is 0.740. The smallest absolute Gasteiger partial charge is 0.337 e. The average Bonchev–Trinajstić information content (AvgIpc) is 2.98. The molecule has 0 atom stereocenters. The number of carbonyl (C=O) groups is 2. The van der Waals surface area contributed by atoms with Gasteiger partial charge in [0.1, 0.15) is 0 Å². The van der Waals surface area contributed by atoms with Crippen LogP contribution < -0.4 is 5.32 Å². The van der Waals surface area contributed by atoms with Gasteiger partial charge in [0.2, 0.25) is 0 Å². The minimum absolute atomic E-state index is 0.161. The highest BCUT2D eigenvalue weighted by Gasteiger charge is 2.10. The first-order valence-corrected chi connectivity index (χ1v) is 8.21. The van der Waals surface area contributed by atoms with E-state index in [1.807, 2.05) is 25.1 Å². The number of hydrogen-bond acceptors (Lipinski definition) is 5. The number of hydrogen-bond donors (Lipinski definition) is 1. The molecule has 5 nitrogen and oxygen atoms in total. The highest BCUT2D eigenvalue weighted by molar-refractivity contribution is 7.18. The van der Waals surface area contributed by atoms with Crippen LogP contribution in [0.15, 0.2) is 42.5 Å². The molecule has 1 N–H and O–H groups in total. The van der Waals surface area contributed by atoms with Crippen molar-refractivity contribution in [2.24, 2.45) is 0 Å². The Morgan fingerprint density at radius 2 is 2.00 bits per heavy atom. The number of nitrogens with one attached hydrogen (secondary N) is 1. The van der Waals surface area contributed by atoms with Crippen LogP contribution >= 0.6 is 11.3 Å². The highest BCUT2D eigenvalue weighted by atomic mass is 32.1. The SMILES string of the molecule is COC(=O)c1cccc(CNC(=O)c2ccc3nc(C)sc3c2)c1. The van der Waals surface area contributed by atoms with Crippen molar-refractivity contribution < 1.29 is 14.3 Å². The lowest BCUT2D eigenvalue weighted by atomic mass is 10.1. The molecule has 24 heavy (non-hydrogen) atoms. The van der Waals surface area contributed by atoms with Gasteiger partial charge < -0.3 is 10.1 Å². The zero-order valence-electron chi connectivity index (χ0n) is 13.3. The van der Waals surface area contributed by atoms with E-state index in [4.69, 9.17) is 4.74 Å². The molecular weight excluding hydrogens is 324 g/mol. The first kappa shape index (κ1) is 16.1. The predicted molar refractivity (Wildman–Crippen MR) is 93.3 cm³/mol. The van der Waals surface area contributed by atoms with Crippen molar-refractivity contribution in [2.75, 3.05) is 7.11 Å². The number of aromatic nitrogens is 1. The van der Waals surface area contributed by atoms with Crippen molar-refractivity contribution in [3.63, 3.8) is 0 Å². The van der Waals surface area contributed by atoms with Crippen molar-refractivity contribution in [3.05, 3.63) is 64.2 Å². The Labute approximate surface area is 143 Å². The summed E-state index contributed by atoms with van der Waals surface area (Å²) in [5.41, 5.74) is 2.79. The Morgan fingerprint density at radius 3 is 2.79 bits per heavy atom. The van der Waals surface area contributed by atoms with E-state index < -0.39 is 5.97 Å². The van der Waals surface area contributed by atoms with Gasteiger partial charge >= 0.3 is 5.97 Å². The van der Waals surface area contributed by atoms with E-state index in [-0.39, 0.29) is 5.91 Å². The highest BCUT2D eigenvalue weighted by Crippen LogP contribution is 2.22.